The van der Waals surface area contributed by atoms with Crippen LogP contribution in [0, 0.1) is 11.3 Å². The van der Waals surface area contributed by atoms with Crippen molar-refractivity contribution in [1.29, 1.82) is 0 Å². The lowest BCUT2D eigenvalue weighted by atomic mass is 9.98. The first-order chi connectivity index (χ1) is 15.9. The maximum Gasteiger partial charge on any atom is 0.407 e. The average Bonchev–Trinajstić information content (AvgIpc) is 3.55. The molecule has 0 bridgehead atoms. The third-order valence-corrected chi connectivity index (χ3v) is 6.71. The fraction of sp³-hybridized carbons (Fsp3) is 0.423. The monoisotopic (exact) mass is 450 g/mol. The Morgan fingerprint density at radius 1 is 1.03 bits per heavy atom. The minimum Gasteiger partial charge on any atom is -0.481 e. The number of amides is 2. The number of nitrogens with one attached hydrogen (secondary N) is 2. The molecule has 0 aliphatic heterocycles. The fourth-order valence-electron chi connectivity index (χ4n) is 4.45. The smallest absolute Gasteiger partial charge is 0.407 e. The second kappa shape index (κ2) is 9.65. The van der Waals surface area contributed by atoms with E-state index in [2.05, 4.69) is 34.9 Å². The number of hydrogen-bond donors (Lipinski definition) is 3. The van der Waals surface area contributed by atoms with Crippen molar-refractivity contribution < 1.29 is 24.2 Å². The molecule has 0 heterocycles. The summed E-state index contributed by atoms with van der Waals surface area (Å²) in [5, 5.41) is 14.4. The van der Waals surface area contributed by atoms with Crippen LogP contribution in [0.25, 0.3) is 11.1 Å². The van der Waals surface area contributed by atoms with Gasteiger partial charge >= 0.3 is 12.1 Å². The summed E-state index contributed by atoms with van der Waals surface area (Å²) < 4.78 is 5.56. The minimum atomic E-state index is -0.834. The minimum absolute atomic E-state index is 0.00590. The molecule has 4 rings (SSSR count). The van der Waals surface area contributed by atoms with Crippen LogP contribution in [0.15, 0.2) is 48.5 Å². The van der Waals surface area contributed by atoms with Crippen molar-refractivity contribution in [3.8, 4) is 11.1 Å². The van der Waals surface area contributed by atoms with Gasteiger partial charge in [0.2, 0.25) is 5.91 Å². The Hall–Kier alpha value is -3.35. The molecule has 0 aromatic heterocycles. The summed E-state index contributed by atoms with van der Waals surface area (Å²) in [6, 6.07) is 16.3. The lowest BCUT2D eigenvalue weighted by Crippen LogP contribution is -2.42. The molecule has 174 valence electrons. The van der Waals surface area contributed by atoms with Gasteiger partial charge in [-0.3, -0.25) is 9.59 Å². The lowest BCUT2D eigenvalue weighted by Gasteiger charge is -2.19. The predicted molar refractivity (Wildman–Crippen MR) is 124 cm³/mol. The highest BCUT2D eigenvalue weighted by Crippen LogP contribution is 2.46. The zero-order valence-electron chi connectivity index (χ0n) is 18.8. The molecule has 1 atom stereocenters. The molecule has 1 fully saturated rings. The number of carboxylic acids is 1. The van der Waals surface area contributed by atoms with E-state index in [0.29, 0.717) is 25.8 Å². The summed E-state index contributed by atoms with van der Waals surface area (Å²) in [6.07, 6.45) is 1.51. The second-order valence-electron chi connectivity index (χ2n) is 9.21. The van der Waals surface area contributed by atoms with Gasteiger partial charge in [0.25, 0.3) is 0 Å². The number of benzene rings is 2. The van der Waals surface area contributed by atoms with Crippen molar-refractivity contribution in [2.24, 2.45) is 11.3 Å². The number of hydrogen-bond acceptors (Lipinski definition) is 4. The second-order valence-corrected chi connectivity index (χ2v) is 9.21. The Morgan fingerprint density at radius 2 is 1.64 bits per heavy atom. The fourth-order valence-corrected chi connectivity index (χ4v) is 4.45. The Balaban J connectivity index is 1.25. The van der Waals surface area contributed by atoms with E-state index in [9.17, 15) is 14.4 Å². The van der Waals surface area contributed by atoms with E-state index in [1.807, 2.05) is 31.2 Å². The molecule has 7 heteroatoms. The number of carboxylic acid groups (broad SMARTS) is 1. The SMILES string of the molecule is CC(CCC(=O)O)CNC(=O)C1(CNC(=O)OCC2c3ccccc3-c3ccccc32)CC1. The summed E-state index contributed by atoms with van der Waals surface area (Å²) in [6.45, 7) is 2.82. The Labute approximate surface area is 193 Å². The molecule has 1 saturated carbocycles. The number of fused-ring (bicyclic) bond motifs is 3. The van der Waals surface area contributed by atoms with Gasteiger partial charge in [0.05, 0.1) is 5.41 Å². The van der Waals surface area contributed by atoms with Crippen LogP contribution in [0.1, 0.15) is 49.7 Å². The van der Waals surface area contributed by atoms with Gasteiger partial charge in [-0.1, -0.05) is 55.5 Å². The molecule has 2 aromatic carbocycles. The van der Waals surface area contributed by atoms with E-state index in [1.165, 1.54) is 11.1 Å². The molecule has 0 radical (unpaired) electrons. The maximum absolute atomic E-state index is 12.6. The standard InChI is InChI=1S/C26H30N2O5/c1-17(10-11-23(29)30)14-27-24(31)26(12-13-26)16-28-25(32)33-15-22-20-8-4-2-6-18(20)19-7-3-5-9-21(19)22/h2-9,17,22H,10-16H2,1H3,(H,27,31)(H,28,32)(H,29,30). The summed E-state index contributed by atoms with van der Waals surface area (Å²) in [7, 11) is 0. The van der Waals surface area contributed by atoms with Crippen molar-refractivity contribution in [3.63, 3.8) is 0 Å². The van der Waals surface area contributed by atoms with E-state index in [-0.39, 0.29) is 37.3 Å². The maximum atomic E-state index is 12.6. The van der Waals surface area contributed by atoms with Crippen LogP contribution in [-0.4, -0.2) is 42.8 Å². The zero-order chi connectivity index (χ0) is 23.4. The van der Waals surface area contributed by atoms with Gasteiger partial charge in [-0.2, -0.15) is 0 Å². The molecule has 2 aliphatic rings. The Kier molecular flexibility index (Phi) is 6.67. The van der Waals surface area contributed by atoms with Crippen LogP contribution in [0.3, 0.4) is 0 Å². The van der Waals surface area contributed by atoms with Crippen LogP contribution in [-0.2, 0) is 14.3 Å². The van der Waals surface area contributed by atoms with Crippen molar-refractivity contribution in [2.75, 3.05) is 19.7 Å². The van der Waals surface area contributed by atoms with Crippen molar-refractivity contribution in [1.82, 2.24) is 10.6 Å². The molecule has 1 unspecified atom stereocenters. The average molecular weight is 451 g/mol. The molecule has 0 saturated heterocycles. The van der Waals surface area contributed by atoms with Crippen molar-refractivity contribution in [2.45, 2.75) is 38.5 Å². The summed E-state index contributed by atoms with van der Waals surface area (Å²) in [5.41, 5.74) is 4.07. The zero-order valence-corrected chi connectivity index (χ0v) is 18.8. The van der Waals surface area contributed by atoms with Crippen LogP contribution in [0.2, 0.25) is 0 Å². The highest BCUT2D eigenvalue weighted by Gasteiger charge is 2.50. The first kappa shape index (κ1) is 22.8. The number of aliphatic carboxylic acids is 1. The van der Waals surface area contributed by atoms with Gasteiger partial charge < -0.3 is 20.5 Å². The van der Waals surface area contributed by atoms with E-state index >= 15 is 0 Å². The predicted octanol–water partition coefficient (Wildman–Crippen LogP) is 3.92. The number of rotatable bonds is 10. The van der Waals surface area contributed by atoms with E-state index in [0.717, 1.165) is 11.1 Å². The molecule has 2 aliphatic carbocycles. The number of alkyl carbamates (subject to hydrolysis) is 1. The first-order valence-electron chi connectivity index (χ1n) is 11.5. The molecule has 0 spiro atoms. The van der Waals surface area contributed by atoms with Gasteiger partial charge in [0, 0.05) is 25.4 Å². The van der Waals surface area contributed by atoms with Gasteiger partial charge in [-0.05, 0) is 47.4 Å². The van der Waals surface area contributed by atoms with E-state index in [4.69, 9.17) is 9.84 Å². The topological polar surface area (TPSA) is 105 Å². The molecule has 2 aromatic rings. The third kappa shape index (κ3) is 5.18. The van der Waals surface area contributed by atoms with Gasteiger partial charge in [0.1, 0.15) is 6.61 Å². The summed E-state index contributed by atoms with van der Waals surface area (Å²) in [4.78, 5) is 35.7. The van der Waals surface area contributed by atoms with E-state index < -0.39 is 17.5 Å². The number of carbonyl (C=O) groups is 3. The van der Waals surface area contributed by atoms with Gasteiger partial charge in [0.15, 0.2) is 0 Å². The summed E-state index contributed by atoms with van der Waals surface area (Å²) >= 11 is 0. The number of carbonyl (C=O) groups excluding carboxylic acids is 2. The molecular weight excluding hydrogens is 420 g/mol. The lowest BCUT2D eigenvalue weighted by molar-refractivity contribution is -0.137. The number of ether oxygens (including phenoxy) is 1. The van der Waals surface area contributed by atoms with Crippen molar-refractivity contribution in [3.05, 3.63) is 59.7 Å². The van der Waals surface area contributed by atoms with Gasteiger partial charge in [-0.15, -0.1) is 0 Å². The normalized spacial score (nSPS) is 16.3. The quantitative estimate of drug-likeness (QED) is 0.509. The Bertz CT molecular complexity index is 1000. The van der Waals surface area contributed by atoms with Crippen LogP contribution in [0.4, 0.5) is 4.79 Å². The van der Waals surface area contributed by atoms with Crippen LogP contribution in [0.5, 0.6) is 0 Å². The Morgan fingerprint density at radius 3 is 2.21 bits per heavy atom. The highest BCUT2D eigenvalue weighted by molar-refractivity contribution is 5.86. The van der Waals surface area contributed by atoms with Crippen LogP contribution >= 0.6 is 0 Å². The van der Waals surface area contributed by atoms with Crippen molar-refractivity contribution >= 4 is 18.0 Å². The highest BCUT2D eigenvalue weighted by atomic mass is 16.5. The van der Waals surface area contributed by atoms with Gasteiger partial charge in [-0.25, -0.2) is 4.79 Å². The molecular formula is C26H30N2O5. The third-order valence-electron chi connectivity index (χ3n) is 6.71. The van der Waals surface area contributed by atoms with E-state index in [1.54, 1.807) is 0 Å². The summed E-state index contributed by atoms with van der Waals surface area (Å²) in [5.74, 6) is -0.854. The largest absolute Gasteiger partial charge is 0.481 e. The molecule has 3 N–H and O–H groups in total. The molecule has 2 amide bonds. The molecule has 7 nitrogen and oxygen atoms in total. The van der Waals surface area contributed by atoms with Crippen LogP contribution < -0.4 is 10.6 Å². The first-order valence-corrected chi connectivity index (χ1v) is 11.5. The molecule has 33 heavy (non-hydrogen) atoms.